The number of hydrogen-bond acceptors (Lipinski definition) is 1. The van der Waals surface area contributed by atoms with Gasteiger partial charge in [-0.1, -0.05) is 0 Å². The summed E-state index contributed by atoms with van der Waals surface area (Å²) in [5, 5.41) is 8.22. The molecule has 0 saturated heterocycles. The first kappa shape index (κ1) is 10.0. The lowest BCUT2D eigenvalue weighted by molar-refractivity contribution is -0.137. The number of alkyl halides is 2. The molecule has 2 nitrogen and oxygen atoms in total. The fraction of sp³-hybridized carbons (Fsp3) is 0.833. The maximum atomic E-state index is 10.00. The molecule has 0 unspecified atom stereocenters. The Morgan fingerprint density at radius 2 is 2.10 bits per heavy atom. The highest BCUT2D eigenvalue weighted by Gasteiger charge is 2.15. The summed E-state index contributed by atoms with van der Waals surface area (Å²) in [4.78, 5) is 10.00. The number of hydrogen-bond donors (Lipinski definition) is 1. The van der Waals surface area contributed by atoms with Gasteiger partial charge in [0.25, 0.3) is 0 Å². The molecule has 0 aliphatic rings. The molecule has 0 radical (unpaired) electrons. The second kappa shape index (κ2) is 4.04. The van der Waals surface area contributed by atoms with E-state index in [1.165, 1.54) is 0 Å². The third-order valence-electron chi connectivity index (χ3n) is 1.01. The number of carboxylic acids is 1. The van der Waals surface area contributed by atoms with Crippen molar-refractivity contribution in [2.75, 3.05) is 0 Å². The molecule has 0 aliphatic carbocycles. The van der Waals surface area contributed by atoms with Gasteiger partial charge in [-0.15, -0.1) is 23.2 Å². The predicted octanol–water partition coefficient (Wildman–Crippen LogP) is 2.44. The van der Waals surface area contributed by atoms with Gasteiger partial charge in [0, 0.05) is 6.42 Å². The molecule has 0 rings (SSSR count). The van der Waals surface area contributed by atoms with Crippen molar-refractivity contribution < 1.29 is 9.90 Å². The zero-order valence-electron chi connectivity index (χ0n) is 5.73. The van der Waals surface area contributed by atoms with Crippen molar-refractivity contribution in [3.05, 3.63) is 0 Å². The van der Waals surface area contributed by atoms with E-state index in [1.54, 1.807) is 6.92 Å². The van der Waals surface area contributed by atoms with Gasteiger partial charge in [0.15, 0.2) is 0 Å². The summed E-state index contributed by atoms with van der Waals surface area (Å²) in [7, 11) is 0. The number of carbonyl (C=O) groups is 1. The molecule has 0 aromatic rings. The summed E-state index contributed by atoms with van der Waals surface area (Å²) in [5.41, 5.74) is 0. The monoisotopic (exact) mass is 184 g/mol. The fourth-order valence-corrected chi connectivity index (χ4v) is 0.817. The van der Waals surface area contributed by atoms with Gasteiger partial charge in [-0.25, -0.2) is 0 Å². The molecule has 0 aromatic carbocycles. The minimum atomic E-state index is -0.808. The van der Waals surface area contributed by atoms with Gasteiger partial charge in [0.2, 0.25) is 0 Å². The van der Waals surface area contributed by atoms with E-state index in [9.17, 15) is 4.79 Å². The summed E-state index contributed by atoms with van der Waals surface area (Å²) in [5.74, 6) is -0.808. The van der Waals surface area contributed by atoms with Crippen molar-refractivity contribution in [1.82, 2.24) is 0 Å². The summed E-state index contributed by atoms with van der Waals surface area (Å²) in [6, 6.07) is 0. The Morgan fingerprint density at radius 1 is 1.60 bits per heavy atom. The lowest BCUT2D eigenvalue weighted by Crippen LogP contribution is -2.06. The summed E-state index contributed by atoms with van der Waals surface area (Å²) in [6.07, 6.45) is 1.18. The SMILES string of the molecule is CC(Cl)(Cl)CCCC(=O)O. The van der Waals surface area contributed by atoms with Crippen LogP contribution in [0.15, 0.2) is 0 Å². The van der Waals surface area contributed by atoms with Crippen molar-refractivity contribution in [1.29, 1.82) is 0 Å². The minimum Gasteiger partial charge on any atom is -0.481 e. The van der Waals surface area contributed by atoms with Crippen LogP contribution < -0.4 is 0 Å². The van der Waals surface area contributed by atoms with Crippen molar-refractivity contribution in [2.24, 2.45) is 0 Å². The first-order chi connectivity index (χ1) is 4.42. The first-order valence-corrected chi connectivity index (χ1v) is 3.77. The molecule has 4 heteroatoms. The maximum Gasteiger partial charge on any atom is 0.303 e. The topological polar surface area (TPSA) is 37.3 Å². The second-order valence-corrected chi connectivity index (χ2v) is 4.18. The Balaban J connectivity index is 3.29. The zero-order chi connectivity index (χ0) is 8.20. The van der Waals surface area contributed by atoms with Crippen LogP contribution in [-0.2, 0) is 4.79 Å². The molecule has 0 aliphatic heterocycles. The van der Waals surface area contributed by atoms with E-state index in [-0.39, 0.29) is 6.42 Å². The highest BCUT2D eigenvalue weighted by molar-refractivity contribution is 6.48. The Morgan fingerprint density at radius 3 is 2.40 bits per heavy atom. The highest BCUT2D eigenvalue weighted by atomic mass is 35.5. The second-order valence-electron chi connectivity index (χ2n) is 2.32. The largest absolute Gasteiger partial charge is 0.481 e. The molecule has 0 saturated carbocycles. The van der Waals surface area contributed by atoms with E-state index in [2.05, 4.69) is 0 Å². The van der Waals surface area contributed by atoms with E-state index in [4.69, 9.17) is 28.3 Å². The molecule has 0 atom stereocenters. The van der Waals surface area contributed by atoms with Gasteiger partial charge in [-0.05, 0) is 19.8 Å². The molecule has 60 valence electrons. The van der Waals surface area contributed by atoms with Gasteiger partial charge in [-0.2, -0.15) is 0 Å². The lowest BCUT2D eigenvalue weighted by atomic mass is 10.2. The lowest BCUT2D eigenvalue weighted by Gasteiger charge is -2.10. The summed E-state index contributed by atoms with van der Waals surface area (Å²) in [6.45, 7) is 1.65. The van der Waals surface area contributed by atoms with Crippen LogP contribution >= 0.6 is 23.2 Å². The van der Waals surface area contributed by atoms with Gasteiger partial charge in [0.05, 0.1) is 0 Å². The van der Waals surface area contributed by atoms with Crippen LogP contribution in [0.3, 0.4) is 0 Å². The van der Waals surface area contributed by atoms with Gasteiger partial charge in [-0.3, -0.25) is 4.79 Å². The van der Waals surface area contributed by atoms with Gasteiger partial charge in [0.1, 0.15) is 4.33 Å². The van der Waals surface area contributed by atoms with Crippen LogP contribution in [0.5, 0.6) is 0 Å². The van der Waals surface area contributed by atoms with Crippen LogP contribution in [0.2, 0.25) is 0 Å². The van der Waals surface area contributed by atoms with Gasteiger partial charge >= 0.3 is 5.97 Å². The van der Waals surface area contributed by atoms with E-state index in [0.717, 1.165) is 0 Å². The Bertz CT molecular complexity index is 117. The average Bonchev–Trinajstić information content (AvgIpc) is 1.59. The van der Waals surface area contributed by atoms with Crippen molar-refractivity contribution >= 4 is 29.2 Å². The number of carboxylic acid groups (broad SMARTS) is 1. The number of rotatable bonds is 4. The van der Waals surface area contributed by atoms with E-state index < -0.39 is 10.3 Å². The summed E-state index contributed by atoms with van der Waals surface area (Å²) < 4.78 is -0.782. The standard InChI is InChI=1S/C6H10Cl2O2/c1-6(7,8)4-2-3-5(9)10/h2-4H2,1H3,(H,9,10). The molecule has 1 N–H and O–H groups in total. The third kappa shape index (κ3) is 8.05. The number of halogens is 2. The highest BCUT2D eigenvalue weighted by Crippen LogP contribution is 2.25. The molecule has 0 fully saturated rings. The quantitative estimate of drug-likeness (QED) is 0.683. The molecule has 0 amide bonds. The molecule has 0 bridgehead atoms. The van der Waals surface area contributed by atoms with Crippen LogP contribution in [0.4, 0.5) is 0 Å². The molecular formula is C6H10Cl2O2. The van der Waals surface area contributed by atoms with E-state index >= 15 is 0 Å². The predicted molar refractivity (Wildman–Crippen MR) is 41.6 cm³/mol. The minimum absolute atomic E-state index is 0.134. The Kier molecular flexibility index (Phi) is 4.06. The molecule has 0 heterocycles. The van der Waals surface area contributed by atoms with Gasteiger partial charge < -0.3 is 5.11 Å². The third-order valence-corrected chi connectivity index (χ3v) is 1.38. The van der Waals surface area contributed by atoms with Crippen LogP contribution in [0, 0.1) is 0 Å². The molecule has 10 heavy (non-hydrogen) atoms. The fourth-order valence-electron chi connectivity index (χ4n) is 0.550. The first-order valence-electron chi connectivity index (χ1n) is 3.01. The maximum absolute atomic E-state index is 10.00. The Labute approximate surface area is 70.1 Å². The molecular weight excluding hydrogens is 175 g/mol. The molecule has 0 spiro atoms. The van der Waals surface area contributed by atoms with E-state index in [1.807, 2.05) is 0 Å². The van der Waals surface area contributed by atoms with Crippen molar-refractivity contribution in [2.45, 2.75) is 30.5 Å². The smallest absolute Gasteiger partial charge is 0.303 e. The van der Waals surface area contributed by atoms with Crippen molar-refractivity contribution in [3.8, 4) is 0 Å². The zero-order valence-corrected chi connectivity index (χ0v) is 7.24. The average molecular weight is 185 g/mol. The number of aliphatic carboxylic acids is 1. The Hall–Kier alpha value is 0.0500. The summed E-state index contributed by atoms with van der Waals surface area (Å²) >= 11 is 11.2. The normalized spacial score (nSPS) is 11.5. The van der Waals surface area contributed by atoms with Crippen molar-refractivity contribution in [3.63, 3.8) is 0 Å². The van der Waals surface area contributed by atoms with E-state index in [0.29, 0.717) is 12.8 Å². The molecule has 0 aromatic heterocycles. The van der Waals surface area contributed by atoms with Crippen LogP contribution in [-0.4, -0.2) is 15.4 Å². The van der Waals surface area contributed by atoms with Crippen LogP contribution in [0.25, 0.3) is 0 Å². The van der Waals surface area contributed by atoms with Crippen LogP contribution in [0.1, 0.15) is 26.2 Å².